The van der Waals surface area contributed by atoms with Crippen LogP contribution in [-0.2, 0) is 4.79 Å². The molecule has 2 heterocycles. The standard InChI is InChI=1S/C13H14F3N3O2S/c14-13(15,16)5-19-4-8(3-9(19)20)18-12(21)11-10(7-1-2-7)17-6-22-11/h6-8H,1-5H2,(H,18,21)/t8-/m1/s1. The van der Waals surface area contributed by atoms with Crippen LogP contribution < -0.4 is 5.32 Å². The van der Waals surface area contributed by atoms with Crippen molar-refractivity contribution in [1.82, 2.24) is 15.2 Å². The van der Waals surface area contributed by atoms with Crippen LogP contribution in [0.15, 0.2) is 5.51 Å². The van der Waals surface area contributed by atoms with Crippen LogP contribution in [0.25, 0.3) is 0 Å². The lowest BCUT2D eigenvalue weighted by atomic mass is 10.2. The Kier molecular flexibility index (Phi) is 3.84. The summed E-state index contributed by atoms with van der Waals surface area (Å²) in [7, 11) is 0. The average molecular weight is 333 g/mol. The number of likely N-dealkylation sites (tertiary alicyclic amines) is 1. The van der Waals surface area contributed by atoms with Gasteiger partial charge in [0.1, 0.15) is 11.4 Å². The van der Waals surface area contributed by atoms with Crippen LogP contribution in [0.1, 0.15) is 40.5 Å². The number of carbonyl (C=O) groups excluding carboxylic acids is 2. The smallest absolute Gasteiger partial charge is 0.346 e. The van der Waals surface area contributed by atoms with Gasteiger partial charge >= 0.3 is 6.18 Å². The normalized spacial score (nSPS) is 22.2. The highest BCUT2D eigenvalue weighted by atomic mass is 32.1. The lowest BCUT2D eigenvalue weighted by Crippen LogP contribution is -2.39. The van der Waals surface area contributed by atoms with Gasteiger partial charge in [-0.25, -0.2) is 4.98 Å². The second kappa shape index (κ2) is 5.53. The second-order valence-corrected chi connectivity index (χ2v) is 6.46. The number of carbonyl (C=O) groups is 2. The number of halogens is 3. The number of hydrogen-bond acceptors (Lipinski definition) is 4. The third-order valence-corrected chi connectivity index (χ3v) is 4.53. The fourth-order valence-corrected chi connectivity index (χ4v) is 3.34. The van der Waals surface area contributed by atoms with Crippen molar-refractivity contribution in [2.75, 3.05) is 13.1 Å². The van der Waals surface area contributed by atoms with E-state index in [4.69, 9.17) is 0 Å². The maximum atomic E-state index is 12.4. The van der Waals surface area contributed by atoms with Gasteiger partial charge in [0.05, 0.1) is 17.2 Å². The molecule has 1 N–H and O–H groups in total. The van der Waals surface area contributed by atoms with Gasteiger partial charge in [-0.05, 0) is 12.8 Å². The van der Waals surface area contributed by atoms with Crippen molar-refractivity contribution in [3.63, 3.8) is 0 Å². The van der Waals surface area contributed by atoms with E-state index in [0.29, 0.717) is 10.8 Å². The lowest BCUT2D eigenvalue weighted by molar-refractivity contribution is -0.157. The summed E-state index contributed by atoms with van der Waals surface area (Å²) in [5.74, 6) is -0.621. The summed E-state index contributed by atoms with van der Waals surface area (Å²) in [6.07, 6.45) is -2.51. The number of nitrogens with one attached hydrogen (secondary N) is 1. The molecule has 22 heavy (non-hydrogen) atoms. The summed E-state index contributed by atoms with van der Waals surface area (Å²) in [6.45, 7) is -1.38. The van der Waals surface area contributed by atoms with Crippen LogP contribution >= 0.6 is 11.3 Å². The molecule has 0 bridgehead atoms. The molecule has 5 nitrogen and oxygen atoms in total. The molecular formula is C13H14F3N3O2S. The molecule has 1 aromatic rings. The molecule has 120 valence electrons. The Morgan fingerprint density at radius 2 is 2.18 bits per heavy atom. The lowest BCUT2D eigenvalue weighted by Gasteiger charge is -2.18. The first-order valence-corrected chi connectivity index (χ1v) is 7.80. The van der Waals surface area contributed by atoms with Crippen LogP contribution in [0.4, 0.5) is 13.2 Å². The van der Waals surface area contributed by atoms with Gasteiger partial charge in [-0.1, -0.05) is 0 Å². The molecule has 2 amide bonds. The number of aromatic nitrogens is 1. The van der Waals surface area contributed by atoms with Crippen molar-refractivity contribution in [1.29, 1.82) is 0 Å². The van der Waals surface area contributed by atoms with Crippen molar-refractivity contribution < 1.29 is 22.8 Å². The average Bonchev–Trinajstić information content (AvgIpc) is 3.03. The van der Waals surface area contributed by atoms with Crippen molar-refractivity contribution in [3.8, 4) is 0 Å². The van der Waals surface area contributed by atoms with E-state index < -0.39 is 24.7 Å². The summed E-state index contributed by atoms with van der Waals surface area (Å²) in [5, 5.41) is 2.65. The zero-order valence-corrected chi connectivity index (χ0v) is 12.3. The second-order valence-electron chi connectivity index (χ2n) is 5.60. The third-order valence-electron chi connectivity index (χ3n) is 3.69. The number of nitrogens with zero attached hydrogens (tertiary/aromatic N) is 2. The number of hydrogen-bond donors (Lipinski definition) is 1. The van der Waals surface area contributed by atoms with Crippen molar-refractivity contribution in [2.45, 2.75) is 37.4 Å². The molecule has 1 saturated heterocycles. The van der Waals surface area contributed by atoms with Gasteiger partial charge in [-0.3, -0.25) is 9.59 Å². The minimum Gasteiger partial charge on any atom is -0.346 e. The summed E-state index contributed by atoms with van der Waals surface area (Å²) < 4.78 is 37.1. The van der Waals surface area contributed by atoms with Crippen molar-refractivity contribution >= 4 is 23.2 Å². The number of amides is 2. The Hall–Kier alpha value is -1.64. The minimum absolute atomic E-state index is 0.0978. The Labute approximate surface area is 128 Å². The highest BCUT2D eigenvalue weighted by Gasteiger charge is 2.39. The predicted molar refractivity (Wildman–Crippen MR) is 72.6 cm³/mol. The highest BCUT2D eigenvalue weighted by molar-refractivity contribution is 7.11. The van der Waals surface area contributed by atoms with E-state index in [1.54, 1.807) is 5.51 Å². The van der Waals surface area contributed by atoms with E-state index in [0.717, 1.165) is 23.4 Å². The SMILES string of the molecule is O=C(N[C@@H]1CC(=O)N(CC(F)(F)F)C1)c1scnc1C1CC1. The fourth-order valence-electron chi connectivity index (χ4n) is 2.56. The van der Waals surface area contributed by atoms with Gasteiger partial charge in [0.25, 0.3) is 5.91 Å². The molecule has 2 fully saturated rings. The van der Waals surface area contributed by atoms with E-state index in [2.05, 4.69) is 10.3 Å². The van der Waals surface area contributed by atoms with Crippen LogP contribution in [0, 0.1) is 0 Å². The molecule has 0 aromatic carbocycles. The summed E-state index contributed by atoms with van der Waals surface area (Å²) in [4.78, 5) is 29.2. The molecule has 1 atom stereocenters. The maximum absolute atomic E-state index is 12.4. The molecule has 2 aliphatic rings. The van der Waals surface area contributed by atoms with Crippen LogP contribution in [-0.4, -0.2) is 47.0 Å². The molecule has 1 aromatic heterocycles. The Balaban J connectivity index is 1.60. The van der Waals surface area contributed by atoms with E-state index in [9.17, 15) is 22.8 Å². The fraction of sp³-hybridized carbons (Fsp3) is 0.615. The number of alkyl halides is 3. The van der Waals surface area contributed by atoms with Gasteiger partial charge in [0.15, 0.2) is 0 Å². The molecular weight excluding hydrogens is 319 g/mol. The quantitative estimate of drug-likeness (QED) is 0.916. The highest BCUT2D eigenvalue weighted by Crippen LogP contribution is 2.41. The Morgan fingerprint density at radius 1 is 1.45 bits per heavy atom. The zero-order chi connectivity index (χ0) is 15.9. The molecule has 1 aliphatic carbocycles. The monoisotopic (exact) mass is 333 g/mol. The predicted octanol–water partition coefficient (Wildman–Crippen LogP) is 1.91. The third kappa shape index (κ3) is 3.40. The van der Waals surface area contributed by atoms with E-state index in [-0.39, 0.29) is 18.9 Å². The largest absolute Gasteiger partial charge is 0.406 e. The van der Waals surface area contributed by atoms with Gasteiger partial charge in [-0.15, -0.1) is 11.3 Å². The Bertz CT molecular complexity index is 598. The minimum atomic E-state index is -4.43. The molecule has 9 heteroatoms. The van der Waals surface area contributed by atoms with E-state index in [1.165, 1.54) is 11.3 Å². The summed E-state index contributed by atoms with van der Waals surface area (Å²) in [5.41, 5.74) is 2.36. The van der Waals surface area contributed by atoms with Gasteiger partial charge in [0.2, 0.25) is 5.91 Å². The van der Waals surface area contributed by atoms with Crippen molar-refractivity contribution in [2.24, 2.45) is 0 Å². The topological polar surface area (TPSA) is 62.3 Å². The first kappa shape index (κ1) is 15.3. The summed E-state index contributed by atoms with van der Waals surface area (Å²) >= 11 is 1.22. The van der Waals surface area contributed by atoms with E-state index >= 15 is 0 Å². The molecule has 0 unspecified atom stereocenters. The number of rotatable bonds is 4. The van der Waals surface area contributed by atoms with Crippen LogP contribution in [0.2, 0.25) is 0 Å². The molecule has 3 rings (SSSR count). The first-order chi connectivity index (χ1) is 10.3. The van der Waals surface area contributed by atoms with Gasteiger partial charge in [0, 0.05) is 18.9 Å². The van der Waals surface area contributed by atoms with E-state index in [1.807, 2.05) is 0 Å². The Morgan fingerprint density at radius 3 is 2.82 bits per heavy atom. The van der Waals surface area contributed by atoms with Crippen molar-refractivity contribution in [3.05, 3.63) is 16.1 Å². The maximum Gasteiger partial charge on any atom is 0.406 e. The molecule has 1 saturated carbocycles. The van der Waals surface area contributed by atoms with Gasteiger partial charge in [-0.2, -0.15) is 13.2 Å². The number of thiazole rings is 1. The first-order valence-electron chi connectivity index (χ1n) is 6.92. The molecule has 0 radical (unpaired) electrons. The molecule has 1 aliphatic heterocycles. The van der Waals surface area contributed by atoms with Gasteiger partial charge < -0.3 is 10.2 Å². The molecule has 0 spiro atoms. The van der Waals surface area contributed by atoms with Crippen LogP contribution in [0.5, 0.6) is 0 Å². The summed E-state index contributed by atoms with van der Waals surface area (Å²) in [6, 6.07) is -0.587. The van der Waals surface area contributed by atoms with Crippen LogP contribution in [0.3, 0.4) is 0 Å². The zero-order valence-electron chi connectivity index (χ0n) is 11.5.